The molecule has 4 nitrogen and oxygen atoms in total. The molecule has 1 fully saturated rings. The number of likely N-dealkylation sites (N-methyl/N-ethyl adjacent to an activating group) is 1. The van der Waals surface area contributed by atoms with Crippen LogP contribution in [0.5, 0.6) is 0 Å². The minimum absolute atomic E-state index is 0.402. The molecule has 1 unspecified atom stereocenters. The number of piperidine rings is 1. The molecule has 3 rings (SSSR count). The average molecular weight is 272 g/mol. The molecule has 0 amide bonds. The van der Waals surface area contributed by atoms with Gasteiger partial charge in [0.2, 0.25) is 0 Å². The smallest absolute Gasteiger partial charge is 0.160 e. The Morgan fingerprint density at radius 3 is 2.95 bits per heavy atom. The van der Waals surface area contributed by atoms with Gasteiger partial charge in [-0.2, -0.15) is 0 Å². The molecular formula is C16H24N4. The molecule has 0 bridgehead atoms. The fourth-order valence-electron chi connectivity index (χ4n) is 3.28. The predicted molar refractivity (Wildman–Crippen MR) is 81.9 cm³/mol. The number of hydrogen-bond acceptors (Lipinski definition) is 3. The lowest BCUT2D eigenvalue weighted by Crippen LogP contribution is -2.38. The summed E-state index contributed by atoms with van der Waals surface area (Å²) in [5.74, 6) is 1.19. The van der Waals surface area contributed by atoms with Gasteiger partial charge in [0, 0.05) is 24.7 Å². The summed E-state index contributed by atoms with van der Waals surface area (Å²) in [6.45, 7) is 5.64. The van der Waals surface area contributed by atoms with Crippen LogP contribution in [0.2, 0.25) is 0 Å². The minimum atomic E-state index is 0.402. The zero-order chi connectivity index (χ0) is 14.1. The summed E-state index contributed by atoms with van der Waals surface area (Å²) in [4.78, 5) is 11.8. The maximum absolute atomic E-state index is 4.84. The molecule has 2 aromatic heterocycles. The molecule has 1 aliphatic heterocycles. The Bertz CT molecular complexity index is 587. The van der Waals surface area contributed by atoms with Crippen LogP contribution in [-0.4, -0.2) is 39.1 Å². The van der Waals surface area contributed by atoms with E-state index >= 15 is 0 Å². The van der Waals surface area contributed by atoms with E-state index in [1.807, 2.05) is 12.3 Å². The lowest BCUT2D eigenvalue weighted by molar-refractivity contribution is 0.181. The van der Waals surface area contributed by atoms with E-state index in [0.29, 0.717) is 12.1 Å². The van der Waals surface area contributed by atoms with Crippen molar-refractivity contribution in [2.24, 2.45) is 0 Å². The van der Waals surface area contributed by atoms with Gasteiger partial charge in [-0.15, -0.1) is 0 Å². The lowest BCUT2D eigenvalue weighted by atomic mass is 10.00. The molecule has 0 radical (unpaired) electrons. The zero-order valence-corrected chi connectivity index (χ0v) is 12.7. The first-order valence-electron chi connectivity index (χ1n) is 7.69. The Labute approximate surface area is 120 Å². The van der Waals surface area contributed by atoms with Crippen molar-refractivity contribution in [1.82, 2.24) is 19.4 Å². The van der Waals surface area contributed by atoms with Crippen LogP contribution in [0.4, 0.5) is 0 Å². The van der Waals surface area contributed by atoms with Crippen LogP contribution in [0.15, 0.2) is 18.3 Å². The summed E-state index contributed by atoms with van der Waals surface area (Å²) in [7, 11) is 2.24. The van der Waals surface area contributed by atoms with Gasteiger partial charge >= 0.3 is 0 Å². The Morgan fingerprint density at radius 1 is 1.35 bits per heavy atom. The largest absolute Gasteiger partial charge is 0.310 e. The van der Waals surface area contributed by atoms with Crippen molar-refractivity contribution in [3.63, 3.8) is 0 Å². The number of rotatable bonds is 3. The Hall–Kier alpha value is -1.42. The average Bonchev–Trinajstić information content (AvgIpc) is 2.79. The van der Waals surface area contributed by atoms with Crippen molar-refractivity contribution in [2.45, 2.75) is 51.6 Å². The lowest BCUT2D eigenvalue weighted by Gasteiger charge is -2.32. The molecule has 2 aromatic rings. The van der Waals surface area contributed by atoms with E-state index in [4.69, 9.17) is 4.98 Å². The SMILES string of the molecule is CC(C)n1c(CC2CCCCN2C)nc2cccnc21. The van der Waals surface area contributed by atoms with Crippen molar-refractivity contribution in [3.8, 4) is 0 Å². The molecule has 0 N–H and O–H groups in total. The van der Waals surface area contributed by atoms with Gasteiger partial charge in [-0.05, 0) is 52.4 Å². The highest BCUT2D eigenvalue weighted by Gasteiger charge is 2.23. The first-order chi connectivity index (χ1) is 9.66. The maximum Gasteiger partial charge on any atom is 0.160 e. The highest BCUT2D eigenvalue weighted by Crippen LogP contribution is 2.23. The second-order valence-electron chi connectivity index (χ2n) is 6.17. The Kier molecular flexibility index (Phi) is 3.74. The first kappa shape index (κ1) is 13.6. The fourth-order valence-corrected chi connectivity index (χ4v) is 3.28. The third-order valence-electron chi connectivity index (χ3n) is 4.38. The molecule has 4 heteroatoms. The number of pyridine rings is 1. The quantitative estimate of drug-likeness (QED) is 0.861. The van der Waals surface area contributed by atoms with Gasteiger partial charge in [0.05, 0.1) is 0 Å². The van der Waals surface area contributed by atoms with Gasteiger partial charge in [0.15, 0.2) is 5.65 Å². The van der Waals surface area contributed by atoms with Gasteiger partial charge in [-0.1, -0.05) is 6.42 Å². The summed E-state index contributed by atoms with van der Waals surface area (Å²) >= 11 is 0. The van der Waals surface area contributed by atoms with Crippen LogP contribution in [0, 0.1) is 0 Å². The van der Waals surface area contributed by atoms with Crippen molar-refractivity contribution < 1.29 is 0 Å². The van der Waals surface area contributed by atoms with E-state index in [-0.39, 0.29) is 0 Å². The molecule has 108 valence electrons. The summed E-state index contributed by atoms with van der Waals surface area (Å²) < 4.78 is 2.30. The van der Waals surface area contributed by atoms with Gasteiger partial charge < -0.3 is 9.47 Å². The second-order valence-corrected chi connectivity index (χ2v) is 6.17. The fraction of sp³-hybridized carbons (Fsp3) is 0.625. The van der Waals surface area contributed by atoms with Crippen LogP contribution < -0.4 is 0 Å². The highest BCUT2D eigenvalue weighted by molar-refractivity contribution is 5.71. The molecule has 20 heavy (non-hydrogen) atoms. The van der Waals surface area contributed by atoms with Crippen LogP contribution in [0.3, 0.4) is 0 Å². The third kappa shape index (κ3) is 2.44. The first-order valence-corrected chi connectivity index (χ1v) is 7.69. The standard InChI is InChI=1S/C16H24N4/c1-12(2)20-15(11-13-7-4-5-10-19(13)3)18-14-8-6-9-17-16(14)20/h6,8-9,12-13H,4-5,7,10-11H2,1-3H3. The zero-order valence-electron chi connectivity index (χ0n) is 12.7. The topological polar surface area (TPSA) is 34.0 Å². The summed E-state index contributed by atoms with van der Waals surface area (Å²) in [5, 5.41) is 0. The number of likely N-dealkylation sites (tertiary alicyclic amines) is 1. The van der Waals surface area contributed by atoms with Crippen molar-refractivity contribution in [3.05, 3.63) is 24.2 Å². The number of nitrogens with zero attached hydrogens (tertiary/aromatic N) is 4. The van der Waals surface area contributed by atoms with E-state index in [2.05, 4.69) is 41.4 Å². The number of fused-ring (bicyclic) bond motifs is 1. The summed E-state index contributed by atoms with van der Waals surface area (Å²) in [6, 6.07) is 5.06. The van der Waals surface area contributed by atoms with E-state index in [1.165, 1.54) is 31.6 Å². The Morgan fingerprint density at radius 2 is 2.20 bits per heavy atom. The number of aromatic nitrogens is 3. The number of hydrogen-bond donors (Lipinski definition) is 0. The molecule has 1 atom stereocenters. The van der Waals surface area contributed by atoms with Gasteiger partial charge in [0.1, 0.15) is 11.3 Å². The molecular weight excluding hydrogens is 248 g/mol. The molecule has 0 aromatic carbocycles. The second kappa shape index (κ2) is 5.52. The minimum Gasteiger partial charge on any atom is -0.310 e. The molecule has 1 saturated heterocycles. The summed E-state index contributed by atoms with van der Waals surface area (Å²) in [5.41, 5.74) is 2.05. The normalized spacial score (nSPS) is 20.9. The number of imidazole rings is 1. The van der Waals surface area contributed by atoms with Gasteiger partial charge in [0.25, 0.3) is 0 Å². The van der Waals surface area contributed by atoms with Crippen molar-refractivity contribution >= 4 is 11.2 Å². The maximum atomic E-state index is 4.84. The van der Waals surface area contributed by atoms with E-state index in [9.17, 15) is 0 Å². The van der Waals surface area contributed by atoms with Crippen LogP contribution in [-0.2, 0) is 6.42 Å². The molecule has 0 saturated carbocycles. The van der Waals surface area contributed by atoms with Crippen LogP contribution in [0.25, 0.3) is 11.2 Å². The highest BCUT2D eigenvalue weighted by atomic mass is 15.2. The van der Waals surface area contributed by atoms with Crippen molar-refractivity contribution in [1.29, 1.82) is 0 Å². The third-order valence-corrected chi connectivity index (χ3v) is 4.38. The monoisotopic (exact) mass is 272 g/mol. The van der Waals surface area contributed by atoms with Gasteiger partial charge in [-0.25, -0.2) is 9.97 Å². The Balaban J connectivity index is 1.95. The van der Waals surface area contributed by atoms with E-state index < -0.39 is 0 Å². The molecule has 0 spiro atoms. The van der Waals surface area contributed by atoms with Crippen LogP contribution in [0.1, 0.15) is 45.0 Å². The summed E-state index contributed by atoms with van der Waals surface area (Å²) in [6.07, 6.45) is 6.85. The molecule has 1 aliphatic rings. The van der Waals surface area contributed by atoms with Crippen LogP contribution >= 0.6 is 0 Å². The van der Waals surface area contributed by atoms with E-state index in [0.717, 1.165) is 17.6 Å². The van der Waals surface area contributed by atoms with Crippen molar-refractivity contribution in [2.75, 3.05) is 13.6 Å². The van der Waals surface area contributed by atoms with E-state index in [1.54, 1.807) is 0 Å². The molecule has 0 aliphatic carbocycles. The van der Waals surface area contributed by atoms with Gasteiger partial charge in [-0.3, -0.25) is 0 Å². The molecule has 3 heterocycles. The predicted octanol–water partition coefficient (Wildman–Crippen LogP) is 3.04.